The Morgan fingerprint density at radius 2 is 1.85 bits per heavy atom. The molecule has 8 heteroatoms. The first-order valence-corrected chi connectivity index (χ1v) is 12.7. The van der Waals surface area contributed by atoms with Gasteiger partial charge in [0.2, 0.25) is 0 Å². The number of nitrogens with zero attached hydrogens (tertiary/aromatic N) is 3. The molecule has 2 aliphatic heterocycles. The number of ether oxygens (including phenoxy) is 1. The van der Waals surface area contributed by atoms with Crippen molar-refractivity contribution in [1.29, 1.82) is 0 Å². The van der Waals surface area contributed by atoms with Crippen molar-refractivity contribution in [3.8, 4) is 11.1 Å². The van der Waals surface area contributed by atoms with Crippen molar-refractivity contribution in [2.45, 2.75) is 44.7 Å². The smallest absolute Gasteiger partial charge is 0.350 e. The van der Waals surface area contributed by atoms with Crippen molar-refractivity contribution >= 4 is 28.5 Å². The molecule has 1 fully saturated rings. The normalized spacial score (nSPS) is 22.8. The molecule has 5 rings (SSSR count). The van der Waals surface area contributed by atoms with E-state index in [2.05, 4.69) is 23.7 Å². The van der Waals surface area contributed by atoms with Crippen LogP contribution in [0, 0.1) is 30.4 Å². The van der Waals surface area contributed by atoms with Gasteiger partial charge in [0.25, 0.3) is 0 Å². The van der Waals surface area contributed by atoms with E-state index in [0.29, 0.717) is 41.1 Å². The summed E-state index contributed by atoms with van der Waals surface area (Å²) in [7, 11) is 1.63. The van der Waals surface area contributed by atoms with Gasteiger partial charge in [-0.15, -0.1) is 11.8 Å². The average molecular weight is 486 g/mol. The van der Waals surface area contributed by atoms with Gasteiger partial charge >= 0.3 is 5.69 Å². The lowest BCUT2D eigenvalue weighted by atomic mass is 9.91. The minimum absolute atomic E-state index is 0.188. The van der Waals surface area contributed by atoms with Gasteiger partial charge in [-0.2, -0.15) is 4.98 Å². The lowest BCUT2D eigenvalue weighted by molar-refractivity contribution is 0.107. The highest BCUT2D eigenvalue weighted by Crippen LogP contribution is 2.44. The molecule has 0 bridgehead atoms. The number of thioether (sulfide) groups is 1. The number of methoxy groups -OCH3 is 1. The monoisotopic (exact) mass is 485 g/mol. The summed E-state index contributed by atoms with van der Waals surface area (Å²) in [6.45, 7) is 8.45. The standard InChI is InChI=1S/C26H29F2N3O2S/c1-14-7-15(2)11-30(10-14)25-20-8-16(3)22(19-6-5-17(27)9-21(19)28)24-23(20)31(26(32)29-25)12-18(33-4)13-34-24/h5-6,8-9,14-15,18H,7,10-13H2,1-4H3/t14-,15+,18-/m1/s1. The number of hydrogen-bond donors (Lipinski definition) is 0. The van der Waals surface area contributed by atoms with Gasteiger partial charge in [-0.1, -0.05) is 13.8 Å². The molecule has 3 aromatic rings. The van der Waals surface area contributed by atoms with Gasteiger partial charge in [0.05, 0.1) is 18.2 Å². The fourth-order valence-electron chi connectivity index (χ4n) is 5.51. The number of anilines is 1. The Labute approximate surface area is 202 Å². The van der Waals surface area contributed by atoms with Gasteiger partial charge in [0, 0.05) is 53.4 Å². The van der Waals surface area contributed by atoms with Gasteiger partial charge in [-0.05, 0) is 48.9 Å². The highest BCUT2D eigenvalue weighted by molar-refractivity contribution is 7.99. The maximum absolute atomic E-state index is 15.0. The molecule has 0 spiro atoms. The van der Waals surface area contributed by atoms with Gasteiger partial charge in [0.15, 0.2) is 0 Å². The second-order valence-electron chi connectivity index (χ2n) is 9.77. The predicted octanol–water partition coefficient (Wildman–Crippen LogP) is 5.25. The summed E-state index contributed by atoms with van der Waals surface area (Å²) >= 11 is 1.56. The molecule has 0 amide bonds. The van der Waals surface area contributed by atoms with E-state index in [0.717, 1.165) is 46.9 Å². The third-order valence-corrected chi connectivity index (χ3v) is 8.12. The third kappa shape index (κ3) is 4.01. The van der Waals surface area contributed by atoms with Crippen LogP contribution in [0.5, 0.6) is 0 Å². The van der Waals surface area contributed by atoms with Crippen LogP contribution in [0.15, 0.2) is 34.0 Å². The highest BCUT2D eigenvalue weighted by atomic mass is 32.2. The number of benzene rings is 2. The van der Waals surface area contributed by atoms with Gasteiger partial charge < -0.3 is 9.64 Å². The molecule has 0 N–H and O–H groups in total. The molecule has 1 aromatic heterocycles. The summed E-state index contributed by atoms with van der Waals surface area (Å²) < 4.78 is 36.0. The van der Waals surface area contributed by atoms with Crippen LogP contribution in [0.1, 0.15) is 25.8 Å². The van der Waals surface area contributed by atoms with Crippen LogP contribution in [0.3, 0.4) is 0 Å². The summed E-state index contributed by atoms with van der Waals surface area (Å²) in [5.41, 5.74) is 2.32. The van der Waals surface area contributed by atoms with E-state index in [1.807, 2.05) is 13.0 Å². The number of hydrogen-bond acceptors (Lipinski definition) is 5. The molecule has 0 saturated carbocycles. The van der Waals surface area contributed by atoms with Crippen LogP contribution in [0.4, 0.5) is 14.6 Å². The van der Waals surface area contributed by atoms with Crippen LogP contribution in [-0.4, -0.2) is 41.6 Å². The van der Waals surface area contributed by atoms with Crippen molar-refractivity contribution in [3.05, 3.63) is 51.9 Å². The highest BCUT2D eigenvalue weighted by Gasteiger charge is 2.30. The first kappa shape index (κ1) is 23.3. The Bertz CT molecular complexity index is 1320. The van der Waals surface area contributed by atoms with Crippen molar-refractivity contribution in [2.75, 3.05) is 30.9 Å². The lowest BCUT2D eigenvalue weighted by Gasteiger charge is -2.36. The summed E-state index contributed by atoms with van der Waals surface area (Å²) in [4.78, 5) is 21.0. The lowest BCUT2D eigenvalue weighted by Crippen LogP contribution is -2.41. The SMILES string of the molecule is CO[C@H]1CSc2c(-c3ccc(F)cc3F)c(C)cc3c(N4C[C@H](C)C[C@H](C)C4)nc(=O)n(c23)C1. The zero-order chi connectivity index (χ0) is 24.1. The van der Waals surface area contributed by atoms with Crippen LogP contribution in [-0.2, 0) is 11.3 Å². The number of piperidine rings is 1. The van der Waals surface area contributed by atoms with E-state index >= 15 is 0 Å². The van der Waals surface area contributed by atoms with Crippen LogP contribution in [0.25, 0.3) is 22.0 Å². The summed E-state index contributed by atoms with van der Waals surface area (Å²) in [5, 5.41) is 0.893. The molecule has 2 aliphatic rings. The van der Waals surface area contributed by atoms with E-state index in [4.69, 9.17) is 4.74 Å². The van der Waals surface area contributed by atoms with E-state index in [9.17, 15) is 13.6 Å². The van der Waals surface area contributed by atoms with Crippen molar-refractivity contribution < 1.29 is 13.5 Å². The molecule has 180 valence electrons. The molecule has 3 atom stereocenters. The van der Waals surface area contributed by atoms with Gasteiger partial charge in [-0.3, -0.25) is 4.57 Å². The van der Waals surface area contributed by atoms with Crippen molar-refractivity contribution in [1.82, 2.24) is 9.55 Å². The fraction of sp³-hybridized carbons (Fsp3) is 0.462. The van der Waals surface area contributed by atoms with Crippen LogP contribution < -0.4 is 10.6 Å². The topological polar surface area (TPSA) is 47.4 Å². The fourth-order valence-corrected chi connectivity index (χ4v) is 6.88. The Morgan fingerprint density at radius 1 is 1.12 bits per heavy atom. The molecule has 5 nitrogen and oxygen atoms in total. The maximum atomic E-state index is 15.0. The van der Waals surface area contributed by atoms with Crippen molar-refractivity contribution in [3.63, 3.8) is 0 Å². The van der Waals surface area contributed by atoms with Gasteiger partial charge in [-0.25, -0.2) is 13.6 Å². The quantitative estimate of drug-likeness (QED) is 0.507. The first-order chi connectivity index (χ1) is 16.3. The minimum Gasteiger partial charge on any atom is -0.379 e. The largest absolute Gasteiger partial charge is 0.379 e. The second kappa shape index (κ2) is 8.96. The summed E-state index contributed by atoms with van der Waals surface area (Å²) in [6.07, 6.45) is 0.960. The molecule has 3 heterocycles. The van der Waals surface area contributed by atoms with Gasteiger partial charge in [0.1, 0.15) is 17.5 Å². The molecule has 0 radical (unpaired) electrons. The van der Waals surface area contributed by atoms with E-state index < -0.39 is 11.6 Å². The molecule has 34 heavy (non-hydrogen) atoms. The van der Waals surface area contributed by atoms with Crippen LogP contribution >= 0.6 is 11.8 Å². The number of aryl methyl sites for hydroxylation is 1. The summed E-state index contributed by atoms with van der Waals surface area (Å²) in [6, 6.07) is 5.67. The zero-order valence-corrected chi connectivity index (χ0v) is 20.7. The molecule has 0 aliphatic carbocycles. The number of rotatable bonds is 3. The molecular weight excluding hydrogens is 456 g/mol. The van der Waals surface area contributed by atoms with E-state index in [1.165, 1.54) is 12.1 Å². The van der Waals surface area contributed by atoms with E-state index in [-0.39, 0.29) is 11.8 Å². The molecule has 2 aromatic carbocycles. The molecule has 0 unspecified atom stereocenters. The predicted molar refractivity (Wildman–Crippen MR) is 133 cm³/mol. The van der Waals surface area contributed by atoms with Crippen molar-refractivity contribution in [2.24, 2.45) is 11.8 Å². The zero-order valence-electron chi connectivity index (χ0n) is 19.9. The first-order valence-electron chi connectivity index (χ1n) is 11.7. The third-order valence-electron chi connectivity index (χ3n) is 6.90. The Hall–Kier alpha value is -2.45. The Morgan fingerprint density at radius 3 is 2.53 bits per heavy atom. The van der Waals surface area contributed by atoms with Crippen LogP contribution in [0.2, 0.25) is 0 Å². The summed E-state index contributed by atoms with van der Waals surface area (Å²) in [5.74, 6) is 1.07. The molecular formula is C26H29F2N3O2S. The Balaban J connectivity index is 1.83. The average Bonchev–Trinajstić information content (AvgIpc) is 2.97. The minimum atomic E-state index is -0.617. The van der Waals surface area contributed by atoms with E-state index in [1.54, 1.807) is 23.4 Å². The number of halogens is 2. The second-order valence-corrected chi connectivity index (χ2v) is 10.8. The number of aromatic nitrogens is 2. The molecule has 1 saturated heterocycles. The maximum Gasteiger partial charge on any atom is 0.350 e. The Kier molecular flexibility index (Phi) is 6.14.